The lowest BCUT2D eigenvalue weighted by Crippen LogP contribution is -2.42. The number of anilines is 1. The van der Waals surface area contributed by atoms with Gasteiger partial charge in [-0.25, -0.2) is 4.98 Å². The molecule has 0 aromatic carbocycles. The van der Waals surface area contributed by atoms with Gasteiger partial charge in [0.1, 0.15) is 5.82 Å². The molecule has 3 nitrogen and oxygen atoms in total. The summed E-state index contributed by atoms with van der Waals surface area (Å²) in [5, 5.41) is 9.50. The van der Waals surface area contributed by atoms with E-state index in [-0.39, 0.29) is 13.0 Å². The maximum absolute atomic E-state index is 12.8. The van der Waals surface area contributed by atoms with Crippen LogP contribution in [0.15, 0.2) is 18.3 Å². The normalized spacial score (nSPS) is 22.4. The van der Waals surface area contributed by atoms with Gasteiger partial charge in [-0.15, -0.1) is 0 Å². The lowest BCUT2D eigenvalue weighted by atomic mass is 9.97. The summed E-state index contributed by atoms with van der Waals surface area (Å²) >= 11 is 0. The van der Waals surface area contributed by atoms with Crippen molar-refractivity contribution < 1.29 is 18.3 Å². The smallest absolute Gasteiger partial charge is 0.389 e. The number of aliphatic hydroxyl groups excluding tert-OH is 1. The molecule has 2 atom stereocenters. The SMILES string of the molecule is CC(O)c1ccnc(N2CCCC(C(F)(F)F)C2)c1. The zero-order chi connectivity index (χ0) is 14.0. The fourth-order valence-electron chi connectivity index (χ4n) is 2.32. The molecule has 2 heterocycles. The number of piperidine rings is 1. The molecular weight excluding hydrogens is 257 g/mol. The Labute approximate surface area is 110 Å². The van der Waals surface area contributed by atoms with Gasteiger partial charge < -0.3 is 10.0 Å². The predicted octanol–water partition coefficient (Wildman–Crippen LogP) is 2.91. The molecule has 1 saturated heterocycles. The van der Waals surface area contributed by atoms with Crippen molar-refractivity contribution in [3.8, 4) is 0 Å². The first-order chi connectivity index (χ1) is 8.88. The molecule has 0 spiro atoms. The predicted molar refractivity (Wildman–Crippen MR) is 65.9 cm³/mol. The Kier molecular flexibility index (Phi) is 3.99. The minimum atomic E-state index is -4.15. The van der Waals surface area contributed by atoms with Crippen molar-refractivity contribution in [1.82, 2.24) is 4.98 Å². The van der Waals surface area contributed by atoms with Crippen LogP contribution < -0.4 is 4.90 Å². The Morgan fingerprint density at radius 1 is 1.47 bits per heavy atom. The molecule has 1 N–H and O–H groups in total. The van der Waals surface area contributed by atoms with Gasteiger partial charge in [-0.05, 0) is 37.5 Å². The summed E-state index contributed by atoms with van der Waals surface area (Å²) in [6.07, 6.45) is -2.60. The number of aliphatic hydroxyl groups is 1. The molecule has 0 radical (unpaired) electrons. The van der Waals surface area contributed by atoms with Crippen LogP contribution in [0.1, 0.15) is 31.4 Å². The van der Waals surface area contributed by atoms with E-state index >= 15 is 0 Å². The Morgan fingerprint density at radius 2 is 2.21 bits per heavy atom. The third-order valence-electron chi connectivity index (χ3n) is 3.46. The third kappa shape index (κ3) is 3.37. The molecule has 1 aromatic heterocycles. The highest BCUT2D eigenvalue weighted by molar-refractivity contribution is 5.42. The zero-order valence-electron chi connectivity index (χ0n) is 10.7. The van der Waals surface area contributed by atoms with Gasteiger partial charge in [0.15, 0.2) is 0 Å². The summed E-state index contributed by atoms with van der Waals surface area (Å²) in [6, 6.07) is 3.32. The van der Waals surface area contributed by atoms with Crippen molar-refractivity contribution >= 4 is 5.82 Å². The highest BCUT2D eigenvalue weighted by Gasteiger charge is 2.42. The van der Waals surface area contributed by atoms with Crippen molar-refractivity contribution in [3.63, 3.8) is 0 Å². The zero-order valence-corrected chi connectivity index (χ0v) is 10.7. The van der Waals surface area contributed by atoms with Crippen LogP contribution in [0.2, 0.25) is 0 Å². The fraction of sp³-hybridized carbons (Fsp3) is 0.615. The quantitative estimate of drug-likeness (QED) is 0.900. The van der Waals surface area contributed by atoms with Crippen molar-refractivity contribution in [2.24, 2.45) is 5.92 Å². The average molecular weight is 274 g/mol. The highest BCUT2D eigenvalue weighted by atomic mass is 19.4. The second-order valence-corrected chi connectivity index (χ2v) is 4.95. The van der Waals surface area contributed by atoms with E-state index in [9.17, 15) is 18.3 Å². The number of pyridine rings is 1. The second-order valence-electron chi connectivity index (χ2n) is 4.95. The molecule has 1 aromatic rings. The molecule has 6 heteroatoms. The highest BCUT2D eigenvalue weighted by Crippen LogP contribution is 2.34. The molecule has 19 heavy (non-hydrogen) atoms. The Morgan fingerprint density at radius 3 is 2.84 bits per heavy atom. The maximum Gasteiger partial charge on any atom is 0.393 e. The van der Waals surface area contributed by atoms with E-state index in [1.165, 1.54) is 6.20 Å². The maximum atomic E-state index is 12.8. The first-order valence-corrected chi connectivity index (χ1v) is 6.33. The topological polar surface area (TPSA) is 36.4 Å². The summed E-state index contributed by atoms with van der Waals surface area (Å²) in [5.41, 5.74) is 0.666. The largest absolute Gasteiger partial charge is 0.393 e. The molecule has 0 aliphatic carbocycles. The van der Waals surface area contributed by atoms with Gasteiger partial charge >= 0.3 is 6.18 Å². The van der Waals surface area contributed by atoms with Gasteiger partial charge in [-0.2, -0.15) is 13.2 Å². The molecule has 0 amide bonds. The summed E-state index contributed by atoms with van der Waals surface area (Å²) in [4.78, 5) is 5.76. The Hall–Kier alpha value is -1.30. The molecule has 2 rings (SSSR count). The van der Waals surface area contributed by atoms with Gasteiger partial charge in [0.2, 0.25) is 0 Å². The van der Waals surface area contributed by atoms with Gasteiger partial charge in [-0.3, -0.25) is 0 Å². The minimum Gasteiger partial charge on any atom is -0.389 e. The van der Waals surface area contributed by atoms with Gasteiger partial charge in [-0.1, -0.05) is 0 Å². The minimum absolute atomic E-state index is 0.0558. The fourth-order valence-corrected chi connectivity index (χ4v) is 2.32. The van der Waals surface area contributed by atoms with Crippen LogP contribution in [-0.2, 0) is 0 Å². The van der Waals surface area contributed by atoms with Crippen LogP contribution in [0.25, 0.3) is 0 Å². The molecule has 1 fully saturated rings. The number of rotatable bonds is 2. The Balaban J connectivity index is 2.15. The number of halogens is 3. The van der Waals surface area contributed by atoms with E-state index in [0.717, 1.165) is 0 Å². The second kappa shape index (κ2) is 5.36. The number of nitrogens with zero attached hydrogens (tertiary/aromatic N) is 2. The van der Waals surface area contributed by atoms with Gasteiger partial charge in [0.25, 0.3) is 0 Å². The van der Waals surface area contributed by atoms with Crippen LogP contribution >= 0.6 is 0 Å². The van der Waals surface area contributed by atoms with E-state index < -0.39 is 18.2 Å². The molecular formula is C13H17F3N2O. The summed E-state index contributed by atoms with van der Waals surface area (Å²) < 4.78 is 38.3. The van der Waals surface area contributed by atoms with Gasteiger partial charge in [0.05, 0.1) is 12.0 Å². The van der Waals surface area contributed by atoms with E-state index in [1.54, 1.807) is 24.0 Å². The number of hydrogen-bond donors (Lipinski definition) is 1. The van der Waals surface area contributed by atoms with E-state index in [0.29, 0.717) is 24.3 Å². The van der Waals surface area contributed by atoms with Crippen LogP contribution in [-0.4, -0.2) is 29.4 Å². The lowest BCUT2D eigenvalue weighted by Gasteiger charge is -2.34. The molecule has 106 valence electrons. The van der Waals surface area contributed by atoms with Crippen molar-refractivity contribution in [2.75, 3.05) is 18.0 Å². The van der Waals surface area contributed by atoms with Crippen molar-refractivity contribution in [1.29, 1.82) is 0 Å². The van der Waals surface area contributed by atoms with Crippen LogP contribution in [0.4, 0.5) is 19.0 Å². The third-order valence-corrected chi connectivity index (χ3v) is 3.46. The molecule has 1 aliphatic heterocycles. The van der Waals surface area contributed by atoms with E-state index in [1.807, 2.05) is 0 Å². The molecule has 0 bridgehead atoms. The Bertz CT molecular complexity index is 434. The number of alkyl halides is 3. The van der Waals surface area contributed by atoms with Crippen molar-refractivity contribution in [2.45, 2.75) is 32.0 Å². The van der Waals surface area contributed by atoms with Crippen molar-refractivity contribution in [3.05, 3.63) is 23.9 Å². The molecule has 2 unspecified atom stereocenters. The summed E-state index contributed by atoms with van der Waals surface area (Å²) in [7, 11) is 0. The van der Waals surface area contributed by atoms with Crippen LogP contribution in [0.3, 0.4) is 0 Å². The first kappa shape index (κ1) is 14.1. The monoisotopic (exact) mass is 274 g/mol. The first-order valence-electron chi connectivity index (χ1n) is 6.33. The molecule has 1 aliphatic rings. The number of aromatic nitrogens is 1. The van der Waals surface area contributed by atoms with E-state index in [2.05, 4.69) is 4.98 Å². The summed E-state index contributed by atoms with van der Waals surface area (Å²) in [6.45, 7) is 2.14. The average Bonchev–Trinajstić information content (AvgIpc) is 2.38. The standard InChI is InChI=1S/C13H17F3N2O/c1-9(19)10-4-5-17-12(7-10)18-6-2-3-11(8-18)13(14,15)16/h4-5,7,9,11,19H,2-3,6,8H2,1H3. The summed E-state index contributed by atoms with van der Waals surface area (Å²) in [5.74, 6) is -0.786. The molecule has 0 saturated carbocycles. The van der Waals surface area contributed by atoms with Crippen LogP contribution in [0, 0.1) is 5.92 Å². The number of hydrogen-bond acceptors (Lipinski definition) is 3. The lowest BCUT2D eigenvalue weighted by molar-refractivity contribution is -0.176. The van der Waals surface area contributed by atoms with Gasteiger partial charge in [0, 0.05) is 19.3 Å². The van der Waals surface area contributed by atoms with E-state index in [4.69, 9.17) is 0 Å². The van der Waals surface area contributed by atoms with Crippen LogP contribution in [0.5, 0.6) is 0 Å².